The first-order chi connectivity index (χ1) is 5.25. The summed E-state index contributed by atoms with van der Waals surface area (Å²) in [6, 6.07) is 0. The molecule has 1 rings (SSSR count). The third-order valence-electron chi connectivity index (χ3n) is 2.58. The fraction of sp³-hybridized carbons (Fsp3) is 0.636. The summed E-state index contributed by atoms with van der Waals surface area (Å²) in [5, 5.41) is 0. The second-order valence-electron chi connectivity index (χ2n) is 3.43. The van der Waals surface area contributed by atoms with E-state index in [4.69, 9.17) is 0 Å². The van der Waals surface area contributed by atoms with E-state index in [2.05, 4.69) is 32.9 Å². The first-order valence-electron chi connectivity index (χ1n) is 4.63. The number of allylic oxidation sites excluding steroid dienone is 4. The minimum absolute atomic E-state index is 0.756. The largest absolute Gasteiger partial charge is 0.0810 e. The molecule has 0 heteroatoms. The summed E-state index contributed by atoms with van der Waals surface area (Å²) in [6.07, 6.45) is 8.52. The smallest absolute Gasteiger partial charge is 0.0194 e. The monoisotopic (exact) mass is 150 g/mol. The normalized spacial score (nSPS) is 20.6. The molecule has 0 aliphatic heterocycles. The SMILES string of the molecule is CCC(C)C1=CCCC=C1C. The fourth-order valence-electron chi connectivity index (χ4n) is 1.63. The van der Waals surface area contributed by atoms with Crippen LogP contribution in [0, 0.1) is 5.92 Å². The second kappa shape index (κ2) is 3.75. The highest BCUT2D eigenvalue weighted by Gasteiger charge is 2.09. The van der Waals surface area contributed by atoms with Crippen LogP contribution in [0.4, 0.5) is 0 Å². The van der Waals surface area contributed by atoms with Gasteiger partial charge >= 0.3 is 0 Å². The molecule has 0 fully saturated rings. The first kappa shape index (κ1) is 8.58. The molecule has 0 spiro atoms. The van der Waals surface area contributed by atoms with Crippen LogP contribution in [0.2, 0.25) is 0 Å². The predicted octanol–water partition coefficient (Wildman–Crippen LogP) is 3.70. The van der Waals surface area contributed by atoms with Crippen molar-refractivity contribution in [2.24, 2.45) is 5.92 Å². The van der Waals surface area contributed by atoms with Crippen molar-refractivity contribution in [3.8, 4) is 0 Å². The van der Waals surface area contributed by atoms with Gasteiger partial charge in [0.2, 0.25) is 0 Å². The average Bonchev–Trinajstić information content (AvgIpc) is 2.04. The minimum atomic E-state index is 0.756. The summed E-state index contributed by atoms with van der Waals surface area (Å²) in [4.78, 5) is 0. The van der Waals surface area contributed by atoms with Crippen molar-refractivity contribution in [3.05, 3.63) is 23.3 Å². The van der Waals surface area contributed by atoms with Gasteiger partial charge in [0.05, 0.1) is 0 Å². The Morgan fingerprint density at radius 3 is 2.55 bits per heavy atom. The molecule has 0 saturated carbocycles. The molecule has 0 aromatic heterocycles. The van der Waals surface area contributed by atoms with Crippen molar-refractivity contribution in [2.45, 2.75) is 40.0 Å². The van der Waals surface area contributed by atoms with Crippen LogP contribution in [0.3, 0.4) is 0 Å². The quantitative estimate of drug-likeness (QED) is 0.563. The molecule has 1 aliphatic carbocycles. The van der Waals surface area contributed by atoms with Crippen LogP contribution in [-0.2, 0) is 0 Å². The molecule has 0 amide bonds. The van der Waals surface area contributed by atoms with Gasteiger partial charge in [0, 0.05) is 0 Å². The van der Waals surface area contributed by atoms with Gasteiger partial charge in [-0.3, -0.25) is 0 Å². The van der Waals surface area contributed by atoms with Gasteiger partial charge in [0.25, 0.3) is 0 Å². The molecule has 1 atom stereocenters. The molecule has 0 nitrogen and oxygen atoms in total. The molecular weight excluding hydrogens is 132 g/mol. The van der Waals surface area contributed by atoms with E-state index in [0.717, 1.165) is 5.92 Å². The van der Waals surface area contributed by atoms with E-state index >= 15 is 0 Å². The summed E-state index contributed by atoms with van der Waals surface area (Å²) >= 11 is 0. The van der Waals surface area contributed by atoms with E-state index in [-0.39, 0.29) is 0 Å². The van der Waals surface area contributed by atoms with E-state index < -0.39 is 0 Å². The van der Waals surface area contributed by atoms with Crippen LogP contribution >= 0.6 is 0 Å². The molecule has 1 unspecified atom stereocenters. The molecule has 0 saturated heterocycles. The van der Waals surface area contributed by atoms with Gasteiger partial charge < -0.3 is 0 Å². The molecule has 0 aromatic rings. The van der Waals surface area contributed by atoms with Crippen molar-refractivity contribution in [1.29, 1.82) is 0 Å². The third kappa shape index (κ3) is 1.95. The number of rotatable bonds is 2. The third-order valence-corrected chi connectivity index (χ3v) is 2.58. The van der Waals surface area contributed by atoms with Crippen molar-refractivity contribution in [1.82, 2.24) is 0 Å². The van der Waals surface area contributed by atoms with Gasteiger partial charge in [-0.1, -0.05) is 31.6 Å². The zero-order valence-corrected chi connectivity index (χ0v) is 7.85. The highest BCUT2D eigenvalue weighted by atomic mass is 14.1. The van der Waals surface area contributed by atoms with Crippen LogP contribution in [0.25, 0.3) is 0 Å². The standard InChI is InChI=1S/C11H18/c1-4-9(2)11-8-6-5-7-10(11)3/h7-9H,4-6H2,1-3H3. The van der Waals surface area contributed by atoms with Crippen molar-refractivity contribution < 1.29 is 0 Å². The van der Waals surface area contributed by atoms with E-state index in [1.165, 1.54) is 24.8 Å². The highest BCUT2D eigenvalue weighted by molar-refractivity contribution is 5.33. The zero-order chi connectivity index (χ0) is 8.27. The Hall–Kier alpha value is -0.520. The first-order valence-corrected chi connectivity index (χ1v) is 4.63. The Morgan fingerprint density at radius 1 is 1.36 bits per heavy atom. The van der Waals surface area contributed by atoms with Gasteiger partial charge in [-0.15, -0.1) is 0 Å². The molecule has 0 N–H and O–H groups in total. The lowest BCUT2D eigenvalue weighted by atomic mass is 9.88. The Balaban J connectivity index is 2.70. The van der Waals surface area contributed by atoms with Crippen LogP contribution in [0.5, 0.6) is 0 Å². The van der Waals surface area contributed by atoms with Crippen LogP contribution < -0.4 is 0 Å². The summed E-state index contributed by atoms with van der Waals surface area (Å²) in [6.45, 7) is 6.80. The topological polar surface area (TPSA) is 0 Å². The molecule has 0 radical (unpaired) electrons. The molecule has 11 heavy (non-hydrogen) atoms. The van der Waals surface area contributed by atoms with Gasteiger partial charge in [-0.2, -0.15) is 0 Å². The second-order valence-corrected chi connectivity index (χ2v) is 3.43. The van der Waals surface area contributed by atoms with Crippen molar-refractivity contribution in [2.75, 3.05) is 0 Å². The van der Waals surface area contributed by atoms with Gasteiger partial charge in [0.1, 0.15) is 0 Å². The molecule has 1 aliphatic rings. The van der Waals surface area contributed by atoms with Gasteiger partial charge in [0.15, 0.2) is 0 Å². The van der Waals surface area contributed by atoms with E-state index in [1.807, 2.05) is 0 Å². The van der Waals surface area contributed by atoms with E-state index in [1.54, 1.807) is 5.57 Å². The van der Waals surface area contributed by atoms with Gasteiger partial charge in [-0.25, -0.2) is 0 Å². The molecule has 0 heterocycles. The fourth-order valence-corrected chi connectivity index (χ4v) is 1.63. The maximum atomic E-state index is 2.41. The Morgan fingerprint density at radius 2 is 2.00 bits per heavy atom. The molecule has 62 valence electrons. The Kier molecular flexibility index (Phi) is 2.92. The predicted molar refractivity (Wildman–Crippen MR) is 50.5 cm³/mol. The summed E-state index contributed by atoms with van der Waals surface area (Å²) < 4.78 is 0. The lowest BCUT2D eigenvalue weighted by molar-refractivity contribution is 0.652. The summed E-state index contributed by atoms with van der Waals surface area (Å²) in [7, 11) is 0. The maximum Gasteiger partial charge on any atom is -0.0194 e. The molecule has 0 aromatic carbocycles. The Labute approximate surface area is 70.0 Å². The van der Waals surface area contributed by atoms with Gasteiger partial charge in [-0.05, 0) is 37.7 Å². The molecular formula is C11H18. The summed E-state index contributed by atoms with van der Waals surface area (Å²) in [5.41, 5.74) is 3.09. The zero-order valence-electron chi connectivity index (χ0n) is 7.85. The van der Waals surface area contributed by atoms with E-state index in [9.17, 15) is 0 Å². The van der Waals surface area contributed by atoms with Crippen LogP contribution in [0.1, 0.15) is 40.0 Å². The van der Waals surface area contributed by atoms with Crippen LogP contribution in [0.15, 0.2) is 23.3 Å². The average molecular weight is 150 g/mol. The number of hydrogen-bond acceptors (Lipinski definition) is 0. The summed E-state index contributed by atoms with van der Waals surface area (Å²) in [5.74, 6) is 0.756. The van der Waals surface area contributed by atoms with Crippen molar-refractivity contribution >= 4 is 0 Å². The lowest BCUT2D eigenvalue weighted by Gasteiger charge is -2.18. The van der Waals surface area contributed by atoms with E-state index in [0.29, 0.717) is 0 Å². The highest BCUT2D eigenvalue weighted by Crippen LogP contribution is 2.26. The maximum absolute atomic E-state index is 2.41. The Bertz CT molecular complexity index is 184. The lowest BCUT2D eigenvalue weighted by Crippen LogP contribution is -2.01. The number of hydrogen-bond donors (Lipinski definition) is 0. The van der Waals surface area contributed by atoms with Crippen LogP contribution in [-0.4, -0.2) is 0 Å². The van der Waals surface area contributed by atoms with Crippen molar-refractivity contribution in [3.63, 3.8) is 0 Å². The minimum Gasteiger partial charge on any atom is -0.0810 e. The molecule has 0 bridgehead atoms.